The molecule has 0 aliphatic heterocycles. The van der Waals surface area contributed by atoms with Crippen molar-refractivity contribution in [3.63, 3.8) is 0 Å². The van der Waals surface area contributed by atoms with Gasteiger partial charge in [0.05, 0.1) is 5.01 Å². The molecule has 1 rings (SSSR count). The van der Waals surface area contributed by atoms with Gasteiger partial charge in [0.2, 0.25) is 0 Å². The first-order chi connectivity index (χ1) is 5.65. The van der Waals surface area contributed by atoms with Gasteiger partial charge >= 0.3 is 5.97 Å². The second-order valence-corrected chi connectivity index (χ2v) is 3.40. The third-order valence-corrected chi connectivity index (χ3v) is 2.59. The molecule has 12 heavy (non-hydrogen) atoms. The van der Waals surface area contributed by atoms with Gasteiger partial charge in [-0.3, -0.25) is 0 Å². The summed E-state index contributed by atoms with van der Waals surface area (Å²) in [5.74, 6) is -0.843. The van der Waals surface area contributed by atoms with Gasteiger partial charge in [-0.1, -0.05) is 6.92 Å². The fourth-order valence-electron chi connectivity index (χ4n) is 0.713. The molecule has 3 N–H and O–H groups in total. The van der Waals surface area contributed by atoms with E-state index in [4.69, 9.17) is 10.8 Å². The quantitative estimate of drug-likeness (QED) is 0.735. The maximum Gasteiger partial charge on any atom is 0.355 e. The Labute approximate surface area is 74.0 Å². The summed E-state index contributed by atoms with van der Waals surface area (Å²) in [6.07, 6.45) is 0. The Balaban J connectivity index is 2.84. The van der Waals surface area contributed by atoms with Crippen molar-refractivity contribution in [2.24, 2.45) is 5.73 Å². The zero-order valence-corrected chi connectivity index (χ0v) is 7.47. The van der Waals surface area contributed by atoms with Gasteiger partial charge in [-0.25, -0.2) is 9.78 Å². The fourth-order valence-corrected chi connectivity index (χ4v) is 1.58. The number of nitrogens with two attached hydrogens (primary N) is 1. The Morgan fingerprint density at radius 1 is 1.92 bits per heavy atom. The number of nitrogens with zero attached hydrogens (tertiary/aromatic N) is 1. The molecule has 0 bridgehead atoms. The number of aromatic nitrogens is 1. The molecule has 4 nitrogen and oxygen atoms in total. The number of carboxylic acids is 1. The average molecular weight is 186 g/mol. The number of carboxylic acid groups (broad SMARTS) is 1. The third kappa shape index (κ3) is 1.80. The molecule has 1 aromatic rings. The number of rotatable bonds is 3. The number of carbonyl (C=O) groups is 1. The SMILES string of the molecule is CC(CN)c1nc(C(=O)O)cs1. The molecule has 0 spiro atoms. The van der Waals surface area contributed by atoms with E-state index in [2.05, 4.69) is 4.98 Å². The van der Waals surface area contributed by atoms with Crippen LogP contribution in [0.3, 0.4) is 0 Å². The van der Waals surface area contributed by atoms with Gasteiger partial charge in [0, 0.05) is 17.8 Å². The van der Waals surface area contributed by atoms with Gasteiger partial charge in [-0.2, -0.15) is 0 Å². The predicted octanol–water partition coefficient (Wildman–Crippen LogP) is 0.904. The molecular weight excluding hydrogens is 176 g/mol. The Hall–Kier alpha value is -0.940. The number of hydrogen-bond acceptors (Lipinski definition) is 4. The molecular formula is C7H10N2O2S. The molecule has 0 radical (unpaired) electrons. The van der Waals surface area contributed by atoms with Gasteiger partial charge in [0.25, 0.3) is 0 Å². The van der Waals surface area contributed by atoms with Crippen molar-refractivity contribution in [1.29, 1.82) is 0 Å². The highest BCUT2D eigenvalue weighted by molar-refractivity contribution is 7.09. The highest BCUT2D eigenvalue weighted by atomic mass is 32.1. The van der Waals surface area contributed by atoms with E-state index < -0.39 is 5.97 Å². The first-order valence-electron chi connectivity index (χ1n) is 3.54. The van der Waals surface area contributed by atoms with Crippen LogP contribution in [0.4, 0.5) is 0 Å². The molecule has 1 unspecified atom stereocenters. The summed E-state index contributed by atoms with van der Waals surface area (Å²) >= 11 is 1.34. The summed E-state index contributed by atoms with van der Waals surface area (Å²) in [6.45, 7) is 2.41. The van der Waals surface area contributed by atoms with Crippen LogP contribution in [0.15, 0.2) is 5.38 Å². The third-order valence-electron chi connectivity index (χ3n) is 1.52. The van der Waals surface area contributed by atoms with Gasteiger partial charge in [0.15, 0.2) is 5.69 Å². The molecule has 0 amide bonds. The molecule has 1 aromatic heterocycles. The summed E-state index contributed by atoms with van der Waals surface area (Å²) in [4.78, 5) is 14.4. The van der Waals surface area contributed by atoms with Crippen LogP contribution in [0.2, 0.25) is 0 Å². The van der Waals surface area contributed by atoms with Crippen molar-refractivity contribution >= 4 is 17.3 Å². The minimum absolute atomic E-state index is 0.107. The Morgan fingerprint density at radius 3 is 3.00 bits per heavy atom. The molecule has 66 valence electrons. The Kier molecular flexibility index (Phi) is 2.78. The standard InChI is InChI=1S/C7H10N2O2S/c1-4(2-8)6-9-5(3-12-6)7(10)11/h3-4H,2,8H2,1H3,(H,10,11). The molecule has 0 fully saturated rings. The first-order valence-corrected chi connectivity index (χ1v) is 4.42. The largest absolute Gasteiger partial charge is 0.476 e. The van der Waals surface area contributed by atoms with Crippen molar-refractivity contribution in [1.82, 2.24) is 4.98 Å². The smallest absolute Gasteiger partial charge is 0.355 e. The van der Waals surface area contributed by atoms with Crippen LogP contribution < -0.4 is 5.73 Å². The zero-order chi connectivity index (χ0) is 9.14. The van der Waals surface area contributed by atoms with E-state index >= 15 is 0 Å². The molecule has 0 saturated carbocycles. The van der Waals surface area contributed by atoms with Crippen LogP contribution in [-0.2, 0) is 0 Å². The molecule has 0 aromatic carbocycles. The summed E-state index contributed by atoms with van der Waals surface area (Å²) < 4.78 is 0. The monoisotopic (exact) mass is 186 g/mol. The maximum atomic E-state index is 10.4. The van der Waals surface area contributed by atoms with E-state index in [1.54, 1.807) is 0 Å². The summed E-state index contributed by atoms with van der Waals surface area (Å²) in [5, 5.41) is 10.9. The first kappa shape index (κ1) is 9.15. The van der Waals surface area contributed by atoms with E-state index in [1.807, 2.05) is 6.92 Å². The van der Waals surface area contributed by atoms with Crippen molar-refractivity contribution in [2.75, 3.05) is 6.54 Å². The molecule has 1 heterocycles. The van der Waals surface area contributed by atoms with Gasteiger partial charge in [-0.15, -0.1) is 11.3 Å². The van der Waals surface area contributed by atoms with Gasteiger partial charge in [-0.05, 0) is 0 Å². The lowest BCUT2D eigenvalue weighted by Gasteiger charge is -2.01. The van der Waals surface area contributed by atoms with E-state index in [1.165, 1.54) is 16.7 Å². The van der Waals surface area contributed by atoms with Crippen LogP contribution in [-0.4, -0.2) is 22.6 Å². The van der Waals surface area contributed by atoms with Crippen molar-refractivity contribution < 1.29 is 9.90 Å². The lowest BCUT2D eigenvalue weighted by atomic mass is 10.2. The molecule has 0 saturated heterocycles. The zero-order valence-electron chi connectivity index (χ0n) is 6.65. The van der Waals surface area contributed by atoms with Crippen LogP contribution >= 0.6 is 11.3 Å². The molecule has 0 aliphatic carbocycles. The minimum Gasteiger partial charge on any atom is -0.476 e. The van der Waals surface area contributed by atoms with Crippen LogP contribution in [0, 0.1) is 0 Å². The summed E-state index contributed by atoms with van der Waals surface area (Å²) in [7, 11) is 0. The van der Waals surface area contributed by atoms with Crippen LogP contribution in [0.25, 0.3) is 0 Å². The van der Waals surface area contributed by atoms with E-state index in [-0.39, 0.29) is 11.6 Å². The highest BCUT2D eigenvalue weighted by Crippen LogP contribution is 2.18. The summed E-state index contributed by atoms with van der Waals surface area (Å²) in [5.41, 5.74) is 5.52. The fraction of sp³-hybridized carbons (Fsp3) is 0.429. The average Bonchev–Trinajstić information content (AvgIpc) is 2.51. The number of thiazole rings is 1. The molecule has 0 aliphatic rings. The lowest BCUT2D eigenvalue weighted by molar-refractivity contribution is 0.0691. The van der Waals surface area contributed by atoms with Crippen LogP contribution in [0.5, 0.6) is 0 Å². The van der Waals surface area contributed by atoms with E-state index in [0.717, 1.165) is 5.01 Å². The molecule has 1 atom stereocenters. The normalized spacial score (nSPS) is 12.8. The summed E-state index contributed by atoms with van der Waals surface area (Å²) in [6, 6.07) is 0. The maximum absolute atomic E-state index is 10.4. The Bertz CT molecular complexity index is 285. The van der Waals surface area contributed by atoms with E-state index in [0.29, 0.717) is 6.54 Å². The lowest BCUT2D eigenvalue weighted by Crippen LogP contribution is -2.09. The predicted molar refractivity (Wildman–Crippen MR) is 46.5 cm³/mol. The van der Waals surface area contributed by atoms with Gasteiger partial charge in [0.1, 0.15) is 0 Å². The minimum atomic E-state index is -0.985. The van der Waals surface area contributed by atoms with E-state index in [9.17, 15) is 4.79 Å². The van der Waals surface area contributed by atoms with Crippen molar-refractivity contribution in [3.8, 4) is 0 Å². The van der Waals surface area contributed by atoms with Crippen LogP contribution in [0.1, 0.15) is 28.3 Å². The highest BCUT2D eigenvalue weighted by Gasteiger charge is 2.12. The second kappa shape index (κ2) is 3.64. The topological polar surface area (TPSA) is 76.2 Å². The van der Waals surface area contributed by atoms with Crippen molar-refractivity contribution in [3.05, 3.63) is 16.1 Å². The number of hydrogen-bond donors (Lipinski definition) is 2. The number of aromatic carboxylic acids is 1. The second-order valence-electron chi connectivity index (χ2n) is 2.51. The van der Waals surface area contributed by atoms with Crippen molar-refractivity contribution in [2.45, 2.75) is 12.8 Å². The molecule has 5 heteroatoms. The van der Waals surface area contributed by atoms with Gasteiger partial charge < -0.3 is 10.8 Å². The Morgan fingerprint density at radius 2 is 2.58 bits per heavy atom.